The summed E-state index contributed by atoms with van der Waals surface area (Å²) in [4.78, 5) is 21.8. The Balaban J connectivity index is 1.59. The number of benzene rings is 1. The molecule has 2 aromatic rings. The van der Waals surface area contributed by atoms with Crippen molar-refractivity contribution in [3.63, 3.8) is 0 Å². The lowest BCUT2D eigenvalue weighted by atomic mass is 10.1. The van der Waals surface area contributed by atoms with Gasteiger partial charge in [0.25, 0.3) is 5.91 Å². The van der Waals surface area contributed by atoms with E-state index in [1.165, 1.54) is 5.56 Å². The van der Waals surface area contributed by atoms with Crippen molar-refractivity contribution in [1.29, 1.82) is 0 Å². The fourth-order valence-electron chi connectivity index (χ4n) is 3.69. The number of aromatic nitrogens is 1. The van der Waals surface area contributed by atoms with Crippen LogP contribution in [0, 0.1) is 0 Å². The van der Waals surface area contributed by atoms with E-state index in [0.717, 1.165) is 38.4 Å². The molecule has 0 spiro atoms. The van der Waals surface area contributed by atoms with E-state index in [9.17, 15) is 4.79 Å². The number of nitrogens with one attached hydrogen (secondary N) is 1. The standard InChI is InChI=1S/C22H30N4O/c1-4-20-16-25(12-13-26(20)17(2)3)22(27)19-10-11-21(24-15-19)23-14-18-8-6-5-7-9-18/h5-11,15,17,20H,4,12-14,16H2,1-3H3,(H,23,24)/t20-/m1/s1. The Bertz CT molecular complexity index is 730. The van der Waals surface area contributed by atoms with E-state index >= 15 is 0 Å². The summed E-state index contributed by atoms with van der Waals surface area (Å²) in [6.07, 6.45) is 2.74. The van der Waals surface area contributed by atoms with Crippen LogP contribution in [-0.2, 0) is 6.54 Å². The zero-order valence-electron chi connectivity index (χ0n) is 16.6. The summed E-state index contributed by atoms with van der Waals surface area (Å²) in [5.41, 5.74) is 1.86. The Hall–Kier alpha value is -2.40. The van der Waals surface area contributed by atoms with Crippen LogP contribution in [-0.4, -0.2) is 52.4 Å². The number of anilines is 1. The van der Waals surface area contributed by atoms with Gasteiger partial charge < -0.3 is 10.2 Å². The van der Waals surface area contributed by atoms with Crippen LogP contribution in [0.2, 0.25) is 0 Å². The fraction of sp³-hybridized carbons (Fsp3) is 0.455. The molecule has 27 heavy (non-hydrogen) atoms. The molecule has 1 aromatic carbocycles. The van der Waals surface area contributed by atoms with Crippen LogP contribution < -0.4 is 5.32 Å². The number of pyridine rings is 1. The minimum atomic E-state index is 0.0824. The quantitative estimate of drug-likeness (QED) is 0.848. The third-order valence-electron chi connectivity index (χ3n) is 5.28. The molecule has 1 aliphatic heterocycles. The van der Waals surface area contributed by atoms with Gasteiger partial charge in [0.05, 0.1) is 5.56 Å². The highest BCUT2D eigenvalue weighted by molar-refractivity contribution is 5.94. The van der Waals surface area contributed by atoms with Crippen molar-refractivity contribution in [3.8, 4) is 0 Å². The van der Waals surface area contributed by atoms with Crippen LogP contribution in [0.15, 0.2) is 48.7 Å². The Kier molecular flexibility index (Phi) is 6.45. The highest BCUT2D eigenvalue weighted by atomic mass is 16.2. The molecular weight excluding hydrogens is 336 g/mol. The van der Waals surface area contributed by atoms with Gasteiger partial charge >= 0.3 is 0 Å². The van der Waals surface area contributed by atoms with Crippen LogP contribution in [0.3, 0.4) is 0 Å². The van der Waals surface area contributed by atoms with Crippen molar-refractivity contribution in [2.45, 2.75) is 45.8 Å². The lowest BCUT2D eigenvalue weighted by molar-refractivity contribution is 0.0371. The second kappa shape index (κ2) is 9.00. The third-order valence-corrected chi connectivity index (χ3v) is 5.28. The number of hydrogen-bond donors (Lipinski definition) is 1. The van der Waals surface area contributed by atoms with Gasteiger partial charge in [0.15, 0.2) is 0 Å². The zero-order chi connectivity index (χ0) is 19.2. The number of carbonyl (C=O) groups excluding carboxylic acids is 1. The summed E-state index contributed by atoms with van der Waals surface area (Å²) in [7, 11) is 0. The van der Waals surface area contributed by atoms with Gasteiger partial charge in [0.1, 0.15) is 5.82 Å². The molecule has 2 heterocycles. The highest BCUT2D eigenvalue weighted by Crippen LogP contribution is 2.18. The predicted molar refractivity (Wildman–Crippen MR) is 110 cm³/mol. The molecule has 1 amide bonds. The van der Waals surface area contributed by atoms with Crippen molar-refractivity contribution in [1.82, 2.24) is 14.8 Å². The summed E-state index contributed by atoms with van der Waals surface area (Å²) < 4.78 is 0. The van der Waals surface area contributed by atoms with Crippen molar-refractivity contribution >= 4 is 11.7 Å². The first-order chi connectivity index (χ1) is 13.1. The van der Waals surface area contributed by atoms with Crippen molar-refractivity contribution in [3.05, 3.63) is 59.8 Å². The van der Waals surface area contributed by atoms with Crippen molar-refractivity contribution < 1.29 is 4.79 Å². The molecule has 1 aliphatic rings. The molecular formula is C22H30N4O. The predicted octanol–water partition coefficient (Wildman–Crippen LogP) is 3.64. The Morgan fingerprint density at radius 2 is 1.96 bits per heavy atom. The summed E-state index contributed by atoms with van der Waals surface area (Å²) in [6.45, 7) is 9.88. The van der Waals surface area contributed by atoms with E-state index in [1.54, 1.807) is 6.20 Å². The van der Waals surface area contributed by atoms with E-state index < -0.39 is 0 Å². The molecule has 144 valence electrons. The summed E-state index contributed by atoms with van der Waals surface area (Å²) >= 11 is 0. The van der Waals surface area contributed by atoms with E-state index in [2.05, 4.69) is 48.1 Å². The number of nitrogens with zero attached hydrogens (tertiary/aromatic N) is 3. The minimum Gasteiger partial charge on any atom is -0.366 e. The van der Waals surface area contributed by atoms with Gasteiger partial charge in [-0.1, -0.05) is 37.3 Å². The number of hydrogen-bond acceptors (Lipinski definition) is 4. The SMILES string of the molecule is CC[C@@H]1CN(C(=O)c2ccc(NCc3ccccc3)nc2)CCN1C(C)C. The first-order valence-corrected chi connectivity index (χ1v) is 9.87. The molecule has 1 fully saturated rings. The number of rotatable bonds is 6. The van der Waals surface area contributed by atoms with Gasteiger partial charge in [0, 0.05) is 44.5 Å². The van der Waals surface area contributed by atoms with Gasteiger partial charge in [-0.25, -0.2) is 4.98 Å². The Morgan fingerprint density at radius 3 is 2.59 bits per heavy atom. The normalized spacial score (nSPS) is 17.9. The third kappa shape index (κ3) is 4.86. The molecule has 5 heteroatoms. The van der Waals surface area contributed by atoms with Crippen LogP contribution >= 0.6 is 0 Å². The van der Waals surface area contributed by atoms with Gasteiger partial charge in [0.2, 0.25) is 0 Å². The molecule has 3 rings (SSSR count). The molecule has 1 N–H and O–H groups in total. The number of piperazine rings is 1. The maximum atomic E-state index is 12.9. The van der Waals surface area contributed by atoms with Crippen LogP contribution in [0.1, 0.15) is 43.1 Å². The average molecular weight is 367 g/mol. The second-order valence-electron chi connectivity index (χ2n) is 7.42. The number of amides is 1. The summed E-state index contributed by atoms with van der Waals surface area (Å²) in [5, 5.41) is 3.30. The lowest BCUT2D eigenvalue weighted by Crippen LogP contribution is -2.56. The maximum absolute atomic E-state index is 12.9. The Morgan fingerprint density at radius 1 is 1.19 bits per heavy atom. The first kappa shape index (κ1) is 19.4. The molecule has 0 unspecified atom stereocenters. The second-order valence-corrected chi connectivity index (χ2v) is 7.42. The van der Waals surface area contributed by atoms with Gasteiger partial charge in [-0.15, -0.1) is 0 Å². The van der Waals surface area contributed by atoms with E-state index in [1.807, 2.05) is 35.2 Å². The van der Waals surface area contributed by atoms with Crippen LogP contribution in [0.4, 0.5) is 5.82 Å². The topological polar surface area (TPSA) is 48.5 Å². The molecule has 0 saturated carbocycles. The molecule has 1 atom stereocenters. The van der Waals surface area contributed by atoms with Gasteiger partial charge in [-0.2, -0.15) is 0 Å². The van der Waals surface area contributed by atoms with E-state index in [-0.39, 0.29) is 5.91 Å². The van der Waals surface area contributed by atoms with Crippen molar-refractivity contribution in [2.24, 2.45) is 0 Å². The molecule has 0 bridgehead atoms. The maximum Gasteiger partial charge on any atom is 0.255 e. The van der Waals surface area contributed by atoms with Crippen LogP contribution in [0.5, 0.6) is 0 Å². The highest BCUT2D eigenvalue weighted by Gasteiger charge is 2.30. The fourth-order valence-corrected chi connectivity index (χ4v) is 3.69. The molecule has 1 aromatic heterocycles. The molecule has 0 radical (unpaired) electrons. The minimum absolute atomic E-state index is 0.0824. The summed E-state index contributed by atoms with van der Waals surface area (Å²) in [5.74, 6) is 0.866. The molecule has 1 saturated heterocycles. The van der Waals surface area contributed by atoms with E-state index in [0.29, 0.717) is 17.6 Å². The van der Waals surface area contributed by atoms with E-state index in [4.69, 9.17) is 0 Å². The monoisotopic (exact) mass is 366 g/mol. The van der Waals surface area contributed by atoms with Gasteiger partial charge in [-0.3, -0.25) is 9.69 Å². The number of carbonyl (C=O) groups is 1. The zero-order valence-corrected chi connectivity index (χ0v) is 16.6. The largest absolute Gasteiger partial charge is 0.366 e. The molecule has 0 aliphatic carbocycles. The van der Waals surface area contributed by atoms with Crippen molar-refractivity contribution in [2.75, 3.05) is 25.0 Å². The van der Waals surface area contributed by atoms with Gasteiger partial charge in [-0.05, 0) is 38.0 Å². The first-order valence-electron chi connectivity index (χ1n) is 9.87. The smallest absolute Gasteiger partial charge is 0.255 e. The lowest BCUT2D eigenvalue weighted by Gasteiger charge is -2.43. The van der Waals surface area contributed by atoms with Crippen LogP contribution in [0.25, 0.3) is 0 Å². The average Bonchev–Trinajstić information content (AvgIpc) is 2.72. The Labute approximate surface area is 162 Å². The summed E-state index contributed by atoms with van der Waals surface area (Å²) in [6, 6.07) is 14.9. The molecule has 5 nitrogen and oxygen atoms in total.